The average molecular weight is 433 g/mol. The van der Waals surface area contributed by atoms with Gasteiger partial charge in [-0.25, -0.2) is 13.6 Å². The van der Waals surface area contributed by atoms with E-state index in [0.717, 1.165) is 5.56 Å². The minimum absolute atomic E-state index is 0.00950. The van der Waals surface area contributed by atoms with Gasteiger partial charge in [-0.05, 0) is 36.2 Å². The number of hydrogen-bond acceptors (Lipinski definition) is 4. The van der Waals surface area contributed by atoms with Crippen LogP contribution >= 0.6 is 11.6 Å². The number of hydrogen-bond donors (Lipinski definition) is 1. The van der Waals surface area contributed by atoms with E-state index >= 15 is 0 Å². The zero-order valence-electron chi connectivity index (χ0n) is 16.0. The van der Waals surface area contributed by atoms with E-state index in [4.69, 9.17) is 16.7 Å². The number of benzene rings is 2. The lowest BCUT2D eigenvalue weighted by Crippen LogP contribution is -2.29. The van der Waals surface area contributed by atoms with Gasteiger partial charge in [0.05, 0.1) is 29.2 Å². The van der Waals surface area contributed by atoms with Crippen LogP contribution in [-0.4, -0.2) is 36.1 Å². The molecule has 0 fully saturated rings. The topological polar surface area (TPSA) is 98.3 Å². The van der Waals surface area contributed by atoms with Crippen molar-refractivity contribution < 1.29 is 13.2 Å². The molecule has 152 valence electrons. The number of primary sulfonamides is 1. The van der Waals surface area contributed by atoms with Crippen LogP contribution in [0.3, 0.4) is 0 Å². The van der Waals surface area contributed by atoms with Crippen molar-refractivity contribution in [1.29, 1.82) is 0 Å². The summed E-state index contributed by atoms with van der Waals surface area (Å²) in [6, 6.07) is 13.3. The molecule has 29 heavy (non-hydrogen) atoms. The summed E-state index contributed by atoms with van der Waals surface area (Å²) in [6.45, 7) is 2.26. The Balaban J connectivity index is 1.77. The Morgan fingerprint density at radius 3 is 2.66 bits per heavy atom. The van der Waals surface area contributed by atoms with Crippen LogP contribution in [0.25, 0.3) is 0 Å². The van der Waals surface area contributed by atoms with Gasteiger partial charge in [-0.15, -0.1) is 0 Å². The summed E-state index contributed by atoms with van der Waals surface area (Å²) in [5.74, 6) is -0.232. The van der Waals surface area contributed by atoms with Gasteiger partial charge in [0, 0.05) is 18.3 Å². The number of nitrogens with two attached hydrogens (primary N) is 1. The molecule has 0 aliphatic carbocycles. The summed E-state index contributed by atoms with van der Waals surface area (Å²) < 4.78 is 24.8. The van der Waals surface area contributed by atoms with Crippen LogP contribution in [0.5, 0.6) is 0 Å². The maximum atomic E-state index is 12.9. The van der Waals surface area contributed by atoms with Crippen LogP contribution in [0.1, 0.15) is 34.5 Å². The predicted octanol–water partition coefficient (Wildman–Crippen LogP) is 3.07. The second-order valence-electron chi connectivity index (χ2n) is 6.73. The third kappa shape index (κ3) is 4.84. The van der Waals surface area contributed by atoms with E-state index < -0.39 is 10.0 Å². The number of amides is 1. The van der Waals surface area contributed by atoms with Crippen molar-refractivity contribution in [1.82, 2.24) is 14.7 Å². The Morgan fingerprint density at radius 1 is 1.24 bits per heavy atom. The molecule has 3 rings (SSSR count). The van der Waals surface area contributed by atoms with Crippen molar-refractivity contribution >= 4 is 27.5 Å². The summed E-state index contributed by atoms with van der Waals surface area (Å²) in [4.78, 5) is 14.4. The van der Waals surface area contributed by atoms with Crippen molar-refractivity contribution in [2.24, 2.45) is 5.14 Å². The summed E-state index contributed by atoms with van der Waals surface area (Å²) in [5.41, 5.74) is 1.99. The number of carbonyl (C=O) groups is 1. The van der Waals surface area contributed by atoms with Crippen LogP contribution in [0, 0.1) is 0 Å². The lowest BCUT2D eigenvalue weighted by Gasteiger charge is -2.25. The summed E-state index contributed by atoms with van der Waals surface area (Å²) in [7, 11) is -2.16. The van der Waals surface area contributed by atoms with E-state index in [1.807, 2.05) is 25.1 Å². The first-order chi connectivity index (χ1) is 13.7. The van der Waals surface area contributed by atoms with Crippen molar-refractivity contribution in [3.63, 3.8) is 0 Å². The molecule has 3 aromatic rings. The first-order valence-corrected chi connectivity index (χ1v) is 10.7. The maximum Gasteiger partial charge on any atom is 0.257 e. The highest BCUT2D eigenvalue weighted by atomic mass is 35.5. The largest absolute Gasteiger partial charge is 0.335 e. The number of sulfonamides is 1. The number of aromatic nitrogens is 2. The normalized spacial score (nSPS) is 12.6. The van der Waals surface area contributed by atoms with Gasteiger partial charge in [-0.2, -0.15) is 5.10 Å². The summed E-state index contributed by atoms with van der Waals surface area (Å²) in [5, 5.41) is 10.1. The maximum absolute atomic E-state index is 12.9. The van der Waals surface area contributed by atoms with Crippen LogP contribution in [0.2, 0.25) is 5.02 Å². The molecule has 0 bridgehead atoms. The molecule has 0 aliphatic rings. The average Bonchev–Trinajstić information content (AvgIpc) is 3.16. The van der Waals surface area contributed by atoms with Crippen LogP contribution in [0.15, 0.2) is 65.8 Å². The van der Waals surface area contributed by atoms with Crippen LogP contribution in [0.4, 0.5) is 0 Å². The molecular formula is C20H21ClN4O3S. The molecule has 9 heteroatoms. The summed E-state index contributed by atoms with van der Waals surface area (Å²) in [6.07, 6.45) is 3.17. The molecule has 0 spiro atoms. The zero-order valence-corrected chi connectivity index (χ0v) is 17.6. The van der Waals surface area contributed by atoms with Crippen LogP contribution < -0.4 is 5.14 Å². The molecule has 0 radical (unpaired) electrons. The smallest absolute Gasteiger partial charge is 0.257 e. The Kier molecular flexibility index (Phi) is 6.07. The second-order valence-corrected chi connectivity index (χ2v) is 8.70. The van der Waals surface area contributed by atoms with E-state index in [0.29, 0.717) is 22.7 Å². The summed E-state index contributed by atoms with van der Waals surface area (Å²) >= 11 is 6.18. The molecule has 1 unspecified atom stereocenters. The molecule has 0 saturated carbocycles. The standard InChI is InChI=1S/C20H21ClN4O3S/c1-14(15-7-5-8-18(10-15)29(22,27)28)24(2)20(26)17-11-23-25(13-17)12-16-6-3-4-9-19(16)21/h3-11,13-14H,12H2,1-2H3,(H2,22,27,28). The van der Waals surface area contributed by atoms with Gasteiger partial charge in [0.1, 0.15) is 0 Å². The Hall–Kier alpha value is -2.68. The van der Waals surface area contributed by atoms with Gasteiger partial charge in [0.15, 0.2) is 0 Å². The van der Waals surface area contributed by atoms with Gasteiger partial charge in [0.2, 0.25) is 10.0 Å². The molecular weight excluding hydrogens is 412 g/mol. The second kappa shape index (κ2) is 8.36. The third-order valence-corrected chi connectivity index (χ3v) is 6.02. The van der Waals surface area contributed by atoms with Gasteiger partial charge < -0.3 is 4.90 Å². The Bertz CT molecular complexity index is 1140. The predicted molar refractivity (Wildman–Crippen MR) is 111 cm³/mol. The van der Waals surface area contributed by atoms with Crippen LogP contribution in [-0.2, 0) is 16.6 Å². The van der Waals surface area contributed by atoms with E-state index in [1.165, 1.54) is 23.2 Å². The Labute approximate surface area is 174 Å². The quantitative estimate of drug-likeness (QED) is 0.647. The lowest BCUT2D eigenvalue weighted by atomic mass is 10.1. The molecule has 1 atom stereocenters. The molecule has 2 N–H and O–H groups in total. The van der Waals surface area contributed by atoms with E-state index in [2.05, 4.69) is 5.10 Å². The molecule has 0 saturated heterocycles. The number of carbonyl (C=O) groups excluding carboxylic acids is 1. The monoisotopic (exact) mass is 432 g/mol. The van der Waals surface area contributed by atoms with Gasteiger partial charge in [-0.3, -0.25) is 9.48 Å². The molecule has 2 aromatic carbocycles. The number of rotatable bonds is 6. The first-order valence-electron chi connectivity index (χ1n) is 8.82. The van der Waals surface area contributed by atoms with Crippen molar-refractivity contribution in [3.8, 4) is 0 Å². The molecule has 0 aliphatic heterocycles. The Morgan fingerprint density at radius 2 is 1.97 bits per heavy atom. The third-order valence-electron chi connectivity index (χ3n) is 4.74. The highest BCUT2D eigenvalue weighted by Gasteiger charge is 2.21. The van der Waals surface area contributed by atoms with Gasteiger partial charge in [-0.1, -0.05) is 41.9 Å². The fourth-order valence-corrected chi connectivity index (χ4v) is 3.68. The van der Waals surface area contributed by atoms with Crippen molar-refractivity contribution in [2.75, 3.05) is 7.05 Å². The number of halogens is 1. The van der Waals surface area contributed by atoms with Gasteiger partial charge in [0.25, 0.3) is 5.91 Å². The zero-order chi connectivity index (χ0) is 21.2. The van der Waals surface area contributed by atoms with Gasteiger partial charge >= 0.3 is 0 Å². The van der Waals surface area contributed by atoms with Crippen molar-refractivity contribution in [3.05, 3.63) is 82.6 Å². The van der Waals surface area contributed by atoms with E-state index in [-0.39, 0.29) is 16.8 Å². The van der Waals surface area contributed by atoms with Crippen molar-refractivity contribution in [2.45, 2.75) is 24.4 Å². The molecule has 1 heterocycles. The first kappa shape index (κ1) is 21.0. The highest BCUT2D eigenvalue weighted by Crippen LogP contribution is 2.23. The lowest BCUT2D eigenvalue weighted by molar-refractivity contribution is 0.0742. The highest BCUT2D eigenvalue weighted by molar-refractivity contribution is 7.89. The molecule has 1 amide bonds. The van der Waals surface area contributed by atoms with E-state index in [1.54, 1.807) is 36.1 Å². The SMILES string of the molecule is CC(c1cccc(S(N)(=O)=O)c1)N(C)C(=O)c1cnn(Cc2ccccc2Cl)c1. The minimum atomic E-state index is -3.81. The minimum Gasteiger partial charge on any atom is -0.335 e. The van der Waals surface area contributed by atoms with E-state index in [9.17, 15) is 13.2 Å². The number of nitrogens with zero attached hydrogens (tertiary/aromatic N) is 3. The fraction of sp³-hybridized carbons (Fsp3) is 0.200. The molecule has 7 nitrogen and oxygen atoms in total. The molecule has 1 aromatic heterocycles. The fourth-order valence-electron chi connectivity index (χ4n) is 2.92.